The van der Waals surface area contributed by atoms with E-state index in [0.29, 0.717) is 5.69 Å². The third kappa shape index (κ3) is 3.25. The average Bonchev–Trinajstić information content (AvgIpc) is 2.60. The van der Waals surface area contributed by atoms with Crippen molar-refractivity contribution >= 4 is 17.6 Å². The molecule has 0 bridgehead atoms. The average molecular weight is 353 g/mol. The number of thioether (sulfide) groups is 1. The first-order valence-electron chi connectivity index (χ1n) is 7.83. The summed E-state index contributed by atoms with van der Waals surface area (Å²) in [5.41, 5.74) is 7.66. The second kappa shape index (κ2) is 7.03. The zero-order chi connectivity index (χ0) is 18.0. The Balaban J connectivity index is 2.19. The molecule has 3 rings (SSSR count). The van der Waals surface area contributed by atoms with Crippen LogP contribution in [0.4, 0.5) is 5.82 Å². The maximum absolute atomic E-state index is 13.0. The minimum absolute atomic E-state index is 0.138. The highest BCUT2D eigenvalue weighted by Gasteiger charge is 2.14. The second-order valence-electron chi connectivity index (χ2n) is 5.71. The maximum Gasteiger partial charge on any atom is 0.337 e. The number of nitrogens with zero attached hydrogens (tertiary/aromatic N) is 2. The molecule has 25 heavy (non-hydrogen) atoms. The van der Waals surface area contributed by atoms with Crippen molar-refractivity contribution in [3.05, 3.63) is 86.6 Å². The van der Waals surface area contributed by atoms with Gasteiger partial charge in [-0.2, -0.15) is 0 Å². The minimum atomic E-state index is -0.435. The van der Waals surface area contributed by atoms with Gasteiger partial charge in [-0.15, -0.1) is 11.8 Å². The van der Waals surface area contributed by atoms with Crippen LogP contribution in [0, 0.1) is 6.92 Å². The molecular weight excluding hydrogens is 334 g/mol. The van der Waals surface area contributed by atoms with Crippen LogP contribution in [-0.2, 0) is 6.54 Å². The molecule has 0 aliphatic heterocycles. The lowest BCUT2D eigenvalue weighted by atomic mass is 10.2. The Morgan fingerprint density at radius 3 is 2.44 bits per heavy atom. The molecule has 0 saturated carbocycles. The van der Waals surface area contributed by atoms with Crippen molar-refractivity contribution in [2.24, 2.45) is 0 Å². The summed E-state index contributed by atoms with van der Waals surface area (Å²) >= 11 is 1.58. The number of rotatable bonds is 4. The zero-order valence-corrected chi connectivity index (χ0v) is 14.9. The van der Waals surface area contributed by atoms with E-state index in [-0.39, 0.29) is 12.4 Å². The van der Waals surface area contributed by atoms with Gasteiger partial charge < -0.3 is 5.73 Å². The first-order valence-corrected chi connectivity index (χ1v) is 9.05. The highest BCUT2D eigenvalue weighted by atomic mass is 32.2. The van der Waals surface area contributed by atoms with E-state index in [0.717, 1.165) is 16.0 Å². The summed E-state index contributed by atoms with van der Waals surface area (Å²) in [6, 6.07) is 16.5. The Labute approximate surface area is 149 Å². The first kappa shape index (κ1) is 17.1. The van der Waals surface area contributed by atoms with Crippen molar-refractivity contribution < 1.29 is 0 Å². The maximum atomic E-state index is 13.0. The molecule has 3 aromatic rings. The standard InChI is InChI=1S/C19H19N3O2S/c1-13-7-3-5-9-15(13)22-17(20)11-18(23)21(19(22)24)12-14-8-4-6-10-16(14)25-2/h3-11H,12,20H2,1-2H3. The molecule has 1 heterocycles. The second-order valence-corrected chi connectivity index (χ2v) is 6.56. The predicted molar refractivity (Wildman–Crippen MR) is 103 cm³/mol. The fourth-order valence-electron chi connectivity index (χ4n) is 2.80. The van der Waals surface area contributed by atoms with Crippen molar-refractivity contribution in [1.82, 2.24) is 9.13 Å². The van der Waals surface area contributed by atoms with Gasteiger partial charge in [-0.25, -0.2) is 9.36 Å². The molecule has 0 spiro atoms. The number of nitrogens with two attached hydrogens (primary N) is 1. The molecule has 2 N–H and O–H groups in total. The van der Waals surface area contributed by atoms with Gasteiger partial charge in [0.1, 0.15) is 5.82 Å². The van der Waals surface area contributed by atoms with Gasteiger partial charge >= 0.3 is 5.69 Å². The Hall–Kier alpha value is -2.73. The SMILES string of the molecule is CSc1ccccc1Cn1c(=O)cc(N)n(-c2ccccc2C)c1=O. The minimum Gasteiger partial charge on any atom is -0.385 e. The molecule has 128 valence electrons. The topological polar surface area (TPSA) is 70.0 Å². The van der Waals surface area contributed by atoms with Crippen LogP contribution >= 0.6 is 11.8 Å². The van der Waals surface area contributed by atoms with Crippen LogP contribution < -0.4 is 17.0 Å². The van der Waals surface area contributed by atoms with E-state index in [4.69, 9.17) is 5.73 Å². The lowest BCUT2D eigenvalue weighted by Gasteiger charge is -2.15. The van der Waals surface area contributed by atoms with E-state index in [9.17, 15) is 9.59 Å². The third-order valence-electron chi connectivity index (χ3n) is 4.10. The summed E-state index contributed by atoms with van der Waals surface area (Å²) < 4.78 is 2.61. The Kier molecular flexibility index (Phi) is 4.81. The number of aryl methyl sites for hydroxylation is 1. The summed E-state index contributed by atoms with van der Waals surface area (Å²) in [5.74, 6) is 0.138. The van der Waals surface area contributed by atoms with Gasteiger partial charge in [-0.3, -0.25) is 9.36 Å². The molecule has 5 nitrogen and oxygen atoms in total. The molecule has 0 aliphatic carbocycles. The van der Waals surface area contributed by atoms with Gasteiger partial charge in [0.05, 0.1) is 12.2 Å². The van der Waals surface area contributed by atoms with E-state index in [1.54, 1.807) is 11.8 Å². The van der Waals surface area contributed by atoms with Crippen LogP contribution in [0.25, 0.3) is 5.69 Å². The van der Waals surface area contributed by atoms with Gasteiger partial charge in [0.15, 0.2) is 0 Å². The molecule has 0 fully saturated rings. The van der Waals surface area contributed by atoms with Gasteiger partial charge in [-0.1, -0.05) is 36.4 Å². The van der Waals surface area contributed by atoms with Gasteiger partial charge in [-0.05, 0) is 36.4 Å². The lowest BCUT2D eigenvalue weighted by Crippen LogP contribution is -2.40. The monoisotopic (exact) mass is 353 g/mol. The van der Waals surface area contributed by atoms with Crippen LogP contribution in [0.1, 0.15) is 11.1 Å². The summed E-state index contributed by atoms with van der Waals surface area (Å²) in [4.78, 5) is 26.4. The normalized spacial score (nSPS) is 10.8. The van der Waals surface area contributed by atoms with Crippen LogP contribution in [-0.4, -0.2) is 15.4 Å². The van der Waals surface area contributed by atoms with Crippen LogP contribution in [0.3, 0.4) is 0 Å². The number of hydrogen-bond acceptors (Lipinski definition) is 4. The molecule has 0 amide bonds. The fraction of sp³-hybridized carbons (Fsp3) is 0.158. The van der Waals surface area contributed by atoms with Gasteiger partial charge in [0.2, 0.25) is 0 Å². The number of nitrogen functional groups attached to an aromatic ring is 1. The molecule has 0 radical (unpaired) electrons. The molecule has 0 aliphatic rings. The van der Waals surface area contributed by atoms with Crippen LogP contribution in [0.5, 0.6) is 0 Å². The first-order chi connectivity index (χ1) is 12.0. The highest BCUT2D eigenvalue weighted by molar-refractivity contribution is 7.98. The zero-order valence-electron chi connectivity index (χ0n) is 14.1. The van der Waals surface area contributed by atoms with Gasteiger partial charge in [0.25, 0.3) is 5.56 Å². The lowest BCUT2D eigenvalue weighted by molar-refractivity contribution is 0.666. The van der Waals surface area contributed by atoms with E-state index in [2.05, 4.69) is 0 Å². The van der Waals surface area contributed by atoms with E-state index in [1.165, 1.54) is 15.2 Å². The molecule has 0 atom stereocenters. The summed E-state index contributed by atoms with van der Waals surface area (Å²) in [5, 5.41) is 0. The molecule has 6 heteroatoms. The van der Waals surface area contributed by atoms with Crippen molar-refractivity contribution in [3.63, 3.8) is 0 Å². The van der Waals surface area contributed by atoms with Crippen molar-refractivity contribution in [2.75, 3.05) is 12.0 Å². The van der Waals surface area contributed by atoms with E-state index >= 15 is 0 Å². The number of anilines is 1. The molecule has 0 unspecified atom stereocenters. The third-order valence-corrected chi connectivity index (χ3v) is 4.93. The van der Waals surface area contributed by atoms with Gasteiger partial charge in [0, 0.05) is 11.0 Å². The quantitative estimate of drug-likeness (QED) is 0.732. The summed E-state index contributed by atoms with van der Waals surface area (Å²) in [6.45, 7) is 2.11. The Morgan fingerprint density at radius 1 is 1.04 bits per heavy atom. The fourth-order valence-corrected chi connectivity index (χ4v) is 3.41. The largest absolute Gasteiger partial charge is 0.385 e. The van der Waals surface area contributed by atoms with E-state index in [1.807, 2.05) is 61.7 Å². The number of benzene rings is 2. The van der Waals surface area contributed by atoms with Crippen molar-refractivity contribution in [2.45, 2.75) is 18.4 Å². The predicted octanol–water partition coefficient (Wildman–Crippen LogP) is 2.66. The molecule has 0 saturated heterocycles. The molecular formula is C19H19N3O2S. The summed E-state index contributed by atoms with van der Waals surface area (Å²) in [6.07, 6.45) is 1.97. The summed E-state index contributed by atoms with van der Waals surface area (Å²) in [7, 11) is 0. The number of aromatic nitrogens is 2. The van der Waals surface area contributed by atoms with E-state index < -0.39 is 11.2 Å². The Morgan fingerprint density at radius 2 is 1.72 bits per heavy atom. The van der Waals surface area contributed by atoms with Crippen molar-refractivity contribution in [1.29, 1.82) is 0 Å². The number of hydrogen-bond donors (Lipinski definition) is 1. The van der Waals surface area contributed by atoms with Crippen LogP contribution in [0.15, 0.2) is 69.1 Å². The van der Waals surface area contributed by atoms with Crippen molar-refractivity contribution in [3.8, 4) is 5.69 Å². The smallest absolute Gasteiger partial charge is 0.337 e. The number of para-hydroxylation sites is 1. The molecule has 2 aromatic carbocycles. The highest BCUT2D eigenvalue weighted by Crippen LogP contribution is 2.20. The molecule has 1 aromatic heterocycles. The Bertz CT molecular complexity index is 1040. The van der Waals surface area contributed by atoms with Crippen LogP contribution in [0.2, 0.25) is 0 Å².